The van der Waals surface area contributed by atoms with Gasteiger partial charge in [0.25, 0.3) is 5.91 Å². The molecule has 28 heavy (non-hydrogen) atoms. The van der Waals surface area contributed by atoms with Gasteiger partial charge in [0.1, 0.15) is 17.7 Å². The van der Waals surface area contributed by atoms with Crippen molar-refractivity contribution in [1.82, 2.24) is 14.9 Å². The van der Waals surface area contributed by atoms with Crippen LogP contribution in [-0.2, 0) is 27.5 Å². The molecule has 0 spiro atoms. The van der Waals surface area contributed by atoms with Crippen LogP contribution in [0.25, 0.3) is 0 Å². The minimum atomic E-state index is -1.45. The predicted molar refractivity (Wildman–Crippen MR) is 94.9 cm³/mol. The van der Waals surface area contributed by atoms with Crippen LogP contribution in [0.2, 0.25) is 0 Å². The van der Waals surface area contributed by atoms with Gasteiger partial charge in [0.2, 0.25) is 0 Å². The molecule has 0 saturated carbocycles. The molecule has 0 aromatic heterocycles. The van der Waals surface area contributed by atoms with E-state index in [1.807, 2.05) is 13.8 Å². The smallest absolute Gasteiger partial charge is 0.251 e. The summed E-state index contributed by atoms with van der Waals surface area (Å²) >= 11 is 0. The molecule has 3 heterocycles. The number of aliphatic hydroxyl groups excluding tert-OH is 1. The molecule has 150 valence electrons. The van der Waals surface area contributed by atoms with Crippen molar-refractivity contribution in [2.45, 2.75) is 45.2 Å². The standard InChI is InChI=1S/C19H22FN3O5/c1-11(2)22-9-21(23-4-3-15(24)17(25)16(23)19(22)26)7-12-5-14(20)6-13-8-27-10-28-18(12)13/h3-6,11,16-17,25H,7-10H2,1-2H3. The zero-order chi connectivity index (χ0) is 20.0. The Bertz CT molecular complexity index is 843. The summed E-state index contributed by atoms with van der Waals surface area (Å²) in [5.74, 6) is -0.668. The Hall–Kier alpha value is -2.49. The van der Waals surface area contributed by atoms with E-state index in [1.54, 1.807) is 14.9 Å². The van der Waals surface area contributed by atoms with Gasteiger partial charge in [-0.2, -0.15) is 5.01 Å². The van der Waals surface area contributed by atoms with Crippen LogP contribution in [-0.4, -0.2) is 63.4 Å². The molecule has 1 aromatic rings. The van der Waals surface area contributed by atoms with Crippen molar-refractivity contribution in [3.05, 3.63) is 41.4 Å². The Labute approximate surface area is 161 Å². The molecule has 9 heteroatoms. The van der Waals surface area contributed by atoms with E-state index in [-0.39, 0.29) is 38.6 Å². The summed E-state index contributed by atoms with van der Waals surface area (Å²) in [6.45, 7) is 4.54. The minimum Gasteiger partial charge on any atom is -0.467 e. The highest BCUT2D eigenvalue weighted by atomic mass is 19.1. The van der Waals surface area contributed by atoms with E-state index in [0.717, 1.165) is 0 Å². The normalized spacial score (nSPS) is 25.0. The lowest BCUT2D eigenvalue weighted by Crippen LogP contribution is -2.68. The second-order valence-electron chi connectivity index (χ2n) is 7.36. The number of fused-ring (bicyclic) bond motifs is 2. The van der Waals surface area contributed by atoms with Crippen LogP contribution < -0.4 is 4.74 Å². The Morgan fingerprint density at radius 1 is 1.32 bits per heavy atom. The molecule has 0 bridgehead atoms. The van der Waals surface area contributed by atoms with Crippen molar-refractivity contribution in [3.63, 3.8) is 0 Å². The van der Waals surface area contributed by atoms with Crippen LogP contribution in [0.15, 0.2) is 24.4 Å². The molecule has 3 aliphatic rings. The third-order valence-corrected chi connectivity index (χ3v) is 5.17. The molecule has 3 aliphatic heterocycles. The molecule has 8 nitrogen and oxygen atoms in total. The van der Waals surface area contributed by atoms with Crippen LogP contribution in [0.1, 0.15) is 25.0 Å². The Balaban J connectivity index is 1.70. The summed E-state index contributed by atoms with van der Waals surface area (Å²) in [7, 11) is 0. The molecule has 2 unspecified atom stereocenters. The van der Waals surface area contributed by atoms with Crippen molar-refractivity contribution in [2.24, 2.45) is 0 Å². The SMILES string of the molecule is CC(C)N1CN(Cc2cc(F)cc3c2OCOC3)N2C=CC(=O)C(O)C2C1=O. The number of ether oxygens (including phenoxy) is 2. The van der Waals surface area contributed by atoms with Crippen molar-refractivity contribution in [3.8, 4) is 5.75 Å². The van der Waals surface area contributed by atoms with Gasteiger partial charge in [-0.05, 0) is 26.0 Å². The number of carbonyl (C=O) groups excluding carboxylic acids is 2. The molecule has 4 rings (SSSR count). The zero-order valence-corrected chi connectivity index (χ0v) is 15.7. The van der Waals surface area contributed by atoms with Gasteiger partial charge < -0.3 is 19.5 Å². The lowest BCUT2D eigenvalue weighted by Gasteiger charge is -2.50. The van der Waals surface area contributed by atoms with Gasteiger partial charge in [-0.1, -0.05) is 0 Å². The largest absolute Gasteiger partial charge is 0.467 e. The molecule has 0 radical (unpaired) electrons. The summed E-state index contributed by atoms with van der Waals surface area (Å²) in [5.41, 5.74) is 1.23. The number of ketones is 1. The summed E-state index contributed by atoms with van der Waals surface area (Å²) in [6.07, 6.45) is 1.29. The first-order chi connectivity index (χ1) is 13.4. The van der Waals surface area contributed by atoms with Crippen LogP contribution in [0.4, 0.5) is 4.39 Å². The van der Waals surface area contributed by atoms with Gasteiger partial charge in [-0.3, -0.25) is 14.6 Å². The highest BCUT2D eigenvalue weighted by Crippen LogP contribution is 2.33. The summed E-state index contributed by atoms with van der Waals surface area (Å²) in [6, 6.07) is 1.60. The number of hydrogen-bond donors (Lipinski definition) is 1. The van der Waals surface area contributed by atoms with Crippen LogP contribution in [0.5, 0.6) is 5.75 Å². The molecule has 2 atom stereocenters. The van der Waals surface area contributed by atoms with E-state index < -0.39 is 23.7 Å². The molecule has 1 saturated heterocycles. The lowest BCUT2D eigenvalue weighted by molar-refractivity contribution is -0.184. The Morgan fingerprint density at radius 2 is 2.11 bits per heavy atom. The Morgan fingerprint density at radius 3 is 2.86 bits per heavy atom. The van der Waals surface area contributed by atoms with Crippen molar-refractivity contribution >= 4 is 11.7 Å². The molecule has 1 N–H and O–H groups in total. The molecule has 1 amide bonds. The first-order valence-electron chi connectivity index (χ1n) is 9.12. The van der Waals surface area contributed by atoms with Crippen molar-refractivity contribution in [2.75, 3.05) is 13.5 Å². The average molecular weight is 391 g/mol. The van der Waals surface area contributed by atoms with Gasteiger partial charge >= 0.3 is 0 Å². The summed E-state index contributed by atoms with van der Waals surface area (Å²) < 4.78 is 24.9. The number of hydrazine groups is 1. The topological polar surface area (TPSA) is 82.6 Å². The maximum absolute atomic E-state index is 14.1. The van der Waals surface area contributed by atoms with Crippen LogP contribution >= 0.6 is 0 Å². The van der Waals surface area contributed by atoms with E-state index in [2.05, 4.69) is 0 Å². The van der Waals surface area contributed by atoms with Gasteiger partial charge in [0, 0.05) is 36.0 Å². The quantitative estimate of drug-likeness (QED) is 0.814. The van der Waals surface area contributed by atoms with E-state index in [9.17, 15) is 19.1 Å². The monoisotopic (exact) mass is 391 g/mol. The van der Waals surface area contributed by atoms with Gasteiger partial charge in [-0.15, -0.1) is 0 Å². The second kappa shape index (κ2) is 7.16. The first-order valence-corrected chi connectivity index (χ1v) is 9.12. The predicted octanol–water partition coefficient (Wildman–Crippen LogP) is 0.745. The van der Waals surface area contributed by atoms with E-state index >= 15 is 0 Å². The Kier molecular flexibility index (Phi) is 4.82. The fraction of sp³-hybridized carbons (Fsp3) is 0.474. The van der Waals surface area contributed by atoms with Crippen molar-refractivity contribution < 1.29 is 28.6 Å². The highest BCUT2D eigenvalue weighted by molar-refractivity contribution is 6.00. The van der Waals surface area contributed by atoms with Gasteiger partial charge in [0.15, 0.2) is 18.6 Å². The molecule has 1 aromatic carbocycles. The third kappa shape index (κ3) is 3.15. The number of nitrogens with zero attached hydrogens (tertiary/aromatic N) is 3. The summed E-state index contributed by atoms with van der Waals surface area (Å²) in [4.78, 5) is 26.4. The zero-order valence-electron chi connectivity index (χ0n) is 15.7. The number of amides is 1. The average Bonchev–Trinajstić information content (AvgIpc) is 2.65. The highest BCUT2D eigenvalue weighted by Gasteiger charge is 2.47. The first kappa shape index (κ1) is 18.9. The number of hydrogen-bond acceptors (Lipinski definition) is 7. The third-order valence-electron chi connectivity index (χ3n) is 5.17. The molecule has 1 fully saturated rings. The number of aliphatic hydroxyl groups is 1. The fourth-order valence-corrected chi connectivity index (χ4v) is 3.77. The van der Waals surface area contributed by atoms with E-state index in [1.165, 1.54) is 24.4 Å². The number of benzene rings is 1. The van der Waals surface area contributed by atoms with Crippen LogP contribution in [0.3, 0.4) is 0 Å². The lowest BCUT2D eigenvalue weighted by atomic mass is 9.99. The molecule has 0 aliphatic carbocycles. The number of carbonyl (C=O) groups is 2. The van der Waals surface area contributed by atoms with Gasteiger partial charge in [-0.25, -0.2) is 4.39 Å². The van der Waals surface area contributed by atoms with E-state index in [4.69, 9.17) is 9.47 Å². The second-order valence-corrected chi connectivity index (χ2v) is 7.36. The fourth-order valence-electron chi connectivity index (χ4n) is 3.77. The summed E-state index contributed by atoms with van der Waals surface area (Å²) in [5, 5.41) is 13.7. The van der Waals surface area contributed by atoms with E-state index in [0.29, 0.717) is 16.9 Å². The number of halogens is 1. The minimum absolute atomic E-state index is 0.0850. The molecular formula is C19H22FN3O5. The van der Waals surface area contributed by atoms with Crippen LogP contribution in [0, 0.1) is 5.82 Å². The van der Waals surface area contributed by atoms with Gasteiger partial charge in [0.05, 0.1) is 13.3 Å². The maximum Gasteiger partial charge on any atom is 0.251 e. The van der Waals surface area contributed by atoms with Crippen molar-refractivity contribution in [1.29, 1.82) is 0 Å². The molecular weight excluding hydrogens is 369 g/mol. The number of rotatable bonds is 3. The maximum atomic E-state index is 14.1.